The average Bonchev–Trinajstić information content (AvgIpc) is 3.10. The molecule has 0 bridgehead atoms. The molecule has 98 valence electrons. The minimum absolute atomic E-state index is 0.725. The van der Waals surface area contributed by atoms with Gasteiger partial charge in [-0.1, -0.05) is 23.8 Å². The Labute approximate surface area is 123 Å². The number of furan rings is 1. The van der Waals surface area contributed by atoms with Gasteiger partial charge in [-0.3, -0.25) is 0 Å². The number of nitrogens with zero attached hydrogens (tertiary/aromatic N) is 1. The molecule has 1 aliphatic rings. The summed E-state index contributed by atoms with van der Waals surface area (Å²) in [6.45, 7) is 2.08. The van der Waals surface area contributed by atoms with Gasteiger partial charge in [-0.15, -0.1) is 0 Å². The Hall–Kier alpha value is -1.32. The summed E-state index contributed by atoms with van der Waals surface area (Å²) in [5, 5.41) is 0.725. The number of likely N-dealkylation sites (tertiary alicyclic amines) is 1. The Kier molecular flexibility index (Phi) is 3.58. The third-order valence-corrected chi connectivity index (χ3v) is 4.05. The van der Waals surface area contributed by atoms with Crippen molar-refractivity contribution in [3.05, 3.63) is 47.2 Å². The second-order valence-electron chi connectivity index (χ2n) is 4.67. The summed E-state index contributed by atoms with van der Waals surface area (Å²) in [7, 11) is 0. The van der Waals surface area contributed by atoms with Gasteiger partial charge in [-0.2, -0.15) is 0 Å². The number of rotatable bonds is 2. The van der Waals surface area contributed by atoms with E-state index in [1.807, 2.05) is 36.4 Å². The van der Waals surface area contributed by atoms with Gasteiger partial charge in [-0.25, -0.2) is 0 Å². The monoisotopic (exact) mass is 291 g/mol. The number of halogens is 1. The van der Waals surface area contributed by atoms with Gasteiger partial charge >= 0.3 is 0 Å². The van der Waals surface area contributed by atoms with E-state index in [4.69, 9.17) is 28.2 Å². The normalized spacial score (nSPS) is 14.9. The van der Waals surface area contributed by atoms with Crippen LogP contribution < -0.4 is 0 Å². The maximum Gasteiger partial charge on any atom is 0.162 e. The van der Waals surface area contributed by atoms with Gasteiger partial charge in [0, 0.05) is 23.7 Å². The summed E-state index contributed by atoms with van der Waals surface area (Å²) in [6, 6.07) is 11.5. The third-order valence-electron chi connectivity index (χ3n) is 3.34. The minimum atomic E-state index is 0.725. The van der Waals surface area contributed by atoms with Crippen LogP contribution in [0.2, 0.25) is 5.02 Å². The van der Waals surface area contributed by atoms with Crippen molar-refractivity contribution in [1.82, 2.24) is 4.90 Å². The fourth-order valence-corrected chi connectivity index (χ4v) is 2.72. The molecule has 1 aromatic carbocycles. The van der Waals surface area contributed by atoms with E-state index in [9.17, 15) is 0 Å². The lowest BCUT2D eigenvalue weighted by molar-refractivity contribution is 0.500. The maximum atomic E-state index is 5.88. The molecule has 0 amide bonds. The Morgan fingerprint density at radius 3 is 2.42 bits per heavy atom. The van der Waals surface area contributed by atoms with Crippen molar-refractivity contribution in [1.29, 1.82) is 0 Å². The van der Waals surface area contributed by atoms with E-state index in [1.54, 1.807) is 0 Å². The molecule has 2 nitrogen and oxygen atoms in total. The lowest BCUT2D eigenvalue weighted by Crippen LogP contribution is -2.26. The fourth-order valence-electron chi connectivity index (χ4n) is 2.30. The quantitative estimate of drug-likeness (QED) is 0.765. The van der Waals surface area contributed by atoms with Crippen LogP contribution in [-0.4, -0.2) is 23.0 Å². The maximum absolute atomic E-state index is 5.88. The van der Waals surface area contributed by atoms with Gasteiger partial charge in [-0.05, 0) is 49.2 Å². The zero-order chi connectivity index (χ0) is 13.2. The van der Waals surface area contributed by atoms with E-state index in [0.29, 0.717) is 0 Å². The highest BCUT2D eigenvalue weighted by Crippen LogP contribution is 2.25. The van der Waals surface area contributed by atoms with Gasteiger partial charge in [0.15, 0.2) is 5.76 Å². The van der Waals surface area contributed by atoms with E-state index >= 15 is 0 Å². The molecule has 0 radical (unpaired) electrons. The smallest absolute Gasteiger partial charge is 0.162 e. The van der Waals surface area contributed by atoms with E-state index in [-0.39, 0.29) is 0 Å². The Morgan fingerprint density at radius 1 is 1.05 bits per heavy atom. The fraction of sp³-hybridized carbons (Fsp3) is 0.267. The first-order valence-electron chi connectivity index (χ1n) is 6.39. The Balaban J connectivity index is 1.82. The van der Waals surface area contributed by atoms with E-state index in [2.05, 4.69) is 4.90 Å². The second kappa shape index (κ2) is 5.35. The molecular weight excluding hydrogens is 278 g/mol. The second-order valence-corrected chi connectivity index (χ2v) is 5.49. The van der Waals surface area contributed by atoms with Gasteiger partial charge < -0.3 is 9.32 Å². The molecule has 1 fully saturated rings. The highest BCUT2D eigenvalue weighted by atomic mass is 35.5. The molecule has 2 heterocycles. The predicted molar refractivity (Wildman–Crippen MR) is 81.7 cm³/mol. The van der Waals surface area contributed by atoms with Crippen molar-refractivity contribution in [3.63, 3.8) is 0 Å². The van der Waals surface area contributed by atoms with Crippen LogP contribution in [0, 0.1) is 0 Å². The molecule has 4 heteroatoms. The topological polar surface area (TPSA) is 16.4 Å². The van der Waals surface area contributed by atoms with E-state index in [1.165, 1.54) is 12.8 Å². The van der Waals surface area contributed by atoms with Crippen LogP contribution in [0.25, 0.3) is 11.3 Å². The molecule has 3 rings (SSSR count). The molecule has 0 atom stereocenters. The number of hydrogen-bond acceptors (Lipinski definition) is 2. The van der Waals surface area contributed by atoms with Gasteiger partial charge in [0.2, 0.25) is 0 Å². The van der Waals surface area contributed by atoms with Crippen molar-refractivity contribution in [3.8, 4) is 11.3 Å². The lowest BCUT2D eigenvalue weighted by Gasteiger charge is -2.16. The Bertz CT molecular complexity index is 584. The standard InChI is InChI=1S/C15H14ClNOS/c16-12-5-3-11(4-6-12)13-7-8-14(18-13)15(19)17-9-1-2-10-17/h3-8H,1-2,9-10H2. The van der Waals surface area contributed by atoms with Crippen molar-refractivity contribution >= 4 is 28.8 Å². The highest BCUT2D eigenvalue weighted by Gasteiger charge is 2.18. The Morgan fingerprint density at radius 2 is 1.74 bits per heavy atom. The lowest BCUT2D eigenvalue weighted by atomic mass is 10.2. The first-order valence-corrected chi connectivity index (χ1v) is 7.18. The zero-order valence-electron chi connectivity index (χ0n) is 10.4. The molecule has 1 aromatic heterocycles. The first-order chi connectivity index (χ1) is 9.24. The molecule has 19 heavy (non-hydrogen) atoms. The largest absolute Gasteiger partial charge is 0.454 e. The molecule has 0 saturated carbocycles. The highest BCUT2D eigenvalue weighted by molar-refractivity contribution is 7.80. The third kappa shape index (κ3) is 2.67. The average molecular weight is 292 g/mol. The van der Waals surface area contributed by atoms with Crippen molar-refractivity contribution < 1.29 is 4.42 Å². The van der Waals surface area contributed by atoms with Gasteiger partial charge in [0.25, 0.3) is 0 Å². The first kappa shape index (κ1) is 12.7. The minimum Gasteiger partial charge on any atom is -0.454 e. The summed E-state index contributed by atoms with van der Waals surface area (Å²) < 4.78 is 5.86. The van der Waals surface area contributed by atoms with Crippen molar-refractivity contribution in [2.24, 2.45) is 0 Å². The van der Waals surface area contributed by atoms with Crippen LogP contribution in [0.15, 0.2) is 40.8 Å². The molecule has 1 saturated heterocycles. The van der Waals surface area contributed by atoms with Crippen LogP contribution in [0.5, 0.6) is 0 Å². The van der Waals surface area contributed by atoms with Crippen LogP contribution in [0.1, 0.15) is 18.6 Å². The molecule has 0 spiro atoms. The summed E-state index contributed by atoms with van der Waals surface area (Å²) in [6.07, 6.45) is 2.43. The number of hydrogen-bond donors (Lipinski definition) is 0. The molecule has 1 aliphatic heterocycles. The van der Waals surface area contributed by atoms with Gasteiger partial charge in [0.1, 0.15) is 10.7 Å². The summed E-state index contributed by atoms with van der Waals surface area (Å²) in [5.74, 6) is 1.61. The zero-order valence-corrected chi connectivity index (χ0v) is 12.0. The van der Waals surface area contributed by atoms with E-state index in [0.717, 1.165) is 40.2 Å². The van der Waals surface area contributed by atoms with E-state index < -0.39 is 0 Å². The van der Waals surface area contributed by atoms with Crippen LogP contribution in [0.4, 0.5) is 0 Å². The summed E-state index contributed by atoms with van der Waals surface area (Å²) in [5.41, 5.74) is 1.01. The SMILES string of the molecule is S=C(c1ccc(-c2ccc(Cl)cc2)o1)N1CCCC1. The molecular formula is C15H14ClNOS. The van der Waals surface area contributed by atoms with Crippen molar-refractivity contribution in [2.45, 2.75) is 12.8 Å². The van der Waals surface area contributed by atoms with Crippen LogP contribution in [-0.2, 0) is 0 Å². The molecule has 2 aromatic rings. The number of thiocarbonyl (C=S) groups is 1. The van der Waals surface area contributed by atoms with Crippen LogP contribution >= 0.6 is 23.8 Å². The van der Waals surface area contributed by atoms with Gasteiger partial charge in [0.05, 0.1) is 0 Å². The predicted octanol–water partition coefficient (Wildman–Crippen LogP) is 4.37. The number of benzene rings is 1. The molecule has 0 aliphatic carbocycles. The summed E-state index contributed by atoms with van der Waals surface area (Å²) in [4.78, 5) is 3.03. The van der Waals surface area contributed by atoms with Crippen molar-refractivity contribution in [2.75, 3.05) is 13.1 Å². The summed E-state index contributed by atoms with van der Waals surface area (Å²) >= 11 is 11.4. The molecule has 0 unspecified atom stereocenters. The van der Waals surface area contributed by atoms with Crippen LogP contribution in [0.3, 0.4) is 0 Å². The molecule has 0 N–H and O–H groups in total.